The van der Waals surface area contributed by atoms with Crippen LogP contribution >= 0.6 is 0 Å². The summed E-state index contributed by atoms with van der Waals surface area (Å²) < 4.78 is 2.31. The largest absolute Gasteiger partial charge is 0.446 e. The van der Waals surface area contributed by atoms with Gasteiger partial charge in [-0.25, -0.2) is 0 Å². The number of hydrogen-bond donors (Lipinski definition) is 0. The Morgan fingerprint density at radius 3 is 1.88 bits per heavy atom. The highest BCUT2D eigenvalue weighted by atomic mass is 27.2. The van der Waals surface area contributed by atoms with E-state index in [-0.39, 0.29) is 0 Å². The molecule has 42 valence electrons. The van der Waals surface area contributed by atoms with Gasteiger partial charge in [0.05, 0.1) is 0 Å². The smallest absolute Gasteiger partial charge is 0.411 e. The van der Waals surface area contributed by atoms with Gasteiger partial charge in [0.2, 0.25) is 0 Å². The van der Waals surface area contributed by atoms with Crippen LogP contribution in [0, 0.1) is 0 Å². The van der Waals surface area contributed by atoms with Gasteiger partial charge >= 0.3 is 14.4 Å². The summed E-state index contributed by atoms with van der Waals surface area (Å²) in [6.07, 6.45) is 4.27. The molecule has 0 aromatic carbocycles. The summed E-state index contributed by atoms with van der Waals surface area (Å²) in [5.74, 6) is 4.61. The van der Waals surface area contributed by atoms with Crippen molar-refractivity contribution >= 4 is 14.4 Å². The Bertz CT molecular complexity index is 144. The van der Waals surface area contributed by atoms with Gasteiger partial charge in [0, 0.05) is 0 Å². The van der Waals surface area contributed by atoms with E-state index in [2.05, 4.69) is 39.6 Å². The van der Waals surface area contributed by atoms with Crippen molar-refractivity contribution in [3.8, 4) is 0 Å². The van der Waals surface area contributed by atoms with Crippen molar-refractivity contribution in [1.82, 2.24) is 3.55 Å². The topological polar surface area (TPSA) is 4.93 Å². The van der Waals surface area contributed by atoms with E-state index in [9.17, 15) is 0 Å². The first-order chi connectivity index (χ1) is 3.80. The van der Waals surface area contributed by atoms with Gasteiger partial charge in [-0.3, -0.25) is 0 Å². The predicted molar refractivity (Wildman–Crippen MR) is 37.3 cm³/mol. The fourth-order valence-corrected chi connectivity index (χ4v) is 1.58. The van der Waals surface area contributed by atoms with E-state index in [1.807, 2.05) is 0 Å². The molecule has 0 saturated carbocycles. The minimum atomic E-state index is -0.563. The van der Waals surface area contributed by atoms with Crippen LogP contribution in [0.1, 0.15) is 0 Å². The van der Waals surface area contributed by atoms with E-state index >= 15 is 0 Å². The minimum absolute atomic E-state index is 0.563. The average Bonchev–Trinajstić information content (AvgIpc) is 2.12. The van der Waals surface area contributed by atoms with Crippen LogP contribution in [0.2, 0.25) is 11.6 Å². The van der Waals surface area contributed by atoms with Crippen LogP contribution in [-0.2, 0) is 0 Å². The molecule has 0 saturated heterocycles. The minimum Gasteiger partial charge on any atom is -0.446 e. The second-order valence-electron chi connectivity index (χ2n) is 2.22. The zero-order valence-electron chi connectivity index (χ0n) is 5.33. The third-order valence-electron chi connectivity index (χ3n) is 1.22. The van der Waals surface area contributed by atoms with Crippen molar-refractivity contribution in [3.05, 3.63) is 24.5 Å². The van der Waals surface area contributed by atoms with E-state index in [0.29, 0.717) is 0 Å². The first-order valence-corrected chi connectivity index (χ1v) is 5.76. The van der Waals surface area contributed by atoms with Gasteiger partial charge < -0.3 is 3.55 Å². The molecule has 0 bridgehead atoms. The predicted octanol–water partition coefficient (Wildman–Crippen LogP) is 1.59. The van der Waals surface area contributed by atoms with E-state index in [1.165, 1.54) is 0 Å². The Kier molecular flexibility index (Phi) is 1.78. The maximum Gasteiger partial charge on any atom is 0.411 e. The summed E-state index contributed by atoms with van der Waals surface area (Å²) in [5, 5.41) is 0. The molecular formula is C6H10AlN. The molecule has 0 atom stereocenters. The van der Waals surface area contributed by atoms with Crippen LogP contribution < -0.4 is 0 Å². The molecule has 0 radical (unpaired) electrons. The fraction of sp³-hybridized carbons (Fsp3) is 0.333. The lowest BCUT2D eigenvalue weighted by Gasteiger charge is -1.98. The molecule has 0 spiro atoms. The Morgan fingerprint density at radius 2 is 1.62 bits per heavy atom. The molecule has 0 aliphatic heterocycles. The van der Waals surface area contributed by atoms with E-state index in [4.69, 9.17) is 0 Å². The van der Waals surface area contributed by atoms with Gasteiger partial charge in [-0.05, 0) is 24.5 Å². The molecule has 1 heterocycles. The molecule has 0 amide bonds. The summed E-state index contributed by atoms with van der Waals surface area (Å²) >= 11 is -0.563. The highest BCUT2D eigenvalue weighted by Gasteiger charge is 2.01. The number of nitrogens with zero attached hydrogens (tertiary/aromatic N) is 1. The van der Waals surface area contributed by atoms with Gasteiger partial charge in [0.25, 0.3) is 0 Å². The summed E-state index contributed by atoms with van der Waals surface area (Å²) in [6, 6.07) is 4.15. The molecule has 0 aliphatic carbocycles. The monoisotopic (exact) mass is 123 g/mol. The molecule has 1 nitrogen and oxygen atoms in total. The lowest BCUT2D eigenvalue weighted by Crippen LogP contribution is -2.11. The van der Waals surface area contributed by atoms with Crippen LogP contribution in [0.15, 0.2) is 24.5 Å². The molecule has 8 heavy (non-hydrogen) atoms. The first-order valence-electron chi connectivity index (χ1n) is 2.93. The zero-order valence-corrected chi connectivity index (χ0v) is 6.49. The quantitative estimate of drug-likeness (QED) is 0.500. The van der Waals surface area contributed by atoms with Crippen molar-refractivity contribution in [1.29, 1.82) is 0 Å². The Balaban J connectivity index is 2.77. The lowest BCUT2D eigenvalue weighted by molar-refractivity contribution is 1.20. The molecule has 0 unspecified atom stereocenters. The van der Waals surface area contributed by atoms with Gasteiger partial charge in [-0.15, -0.1) is 0 Å². The van der Waals surface area contributed by atoms with Crippen molar-refractivity contribution in [2.24, 2.45) is 0 Å². The molecule has 0 aliphatic rings. The molecule has 0 fully saturated rings. The first kappa shape index (κ1) is 5.94. The number of rotatable bonds is 1. The third kappa shape index (κ3) is 1.15. The zero-order chi connectivity index (χ0) is 5.98. The molecular weight excluding hydrogens is 113 g/mol. The van der Waals surface area contributed by atoms with Gasteiger partial charge in [0.15, 0.2) is 0 Å². The normalized spacial score (nSPS) is 9.25. The van der Waals surface area contributed by atoms with E-state index in [0.717, 1.165) is 0 Å². The molecule has 1 aromatic heterocycles. The fourth-order valence-electron chi connectivity index (χ4n) is 0.692. The Hall–Kier alpha value is -0.188. The van der Waals surface area contributed by atoms with Crippen LogP contribution in [0.5, 0.6) is 0 Å². The van der Waals surface area contributed by atoms with Gasteiger partial charge in [0.1, 0.15) is 0 Å². The van der Waals surface area contributed by atoms with Crippen LogP contribution in [0.3, 0.4) is 0 Å². The Labute approximate surface area is 54.5 Å². The molecule has 1 rings (SSSR count). The highest BCUT2D eigenvalue weighted by molar-refractivity contribution is 6.53. The maximum absolute atomic E-state index is 2.31. The van der Waals surface area contributed by atoms with E-state index in [1.54, 1.807) is 0 Å². The van der Waals surface area contributed by atoms with Gasteiger partial charge in [-0.1, -0.05) is 11.6 Å². The Morgan fingerprint density at radius 1 is 1.12 bits per heavy atom. The van der Waals surface area contributed by atoms with Crippen molar-refractivity contribution in [2.45, 2.75) is 11.6 Å². The molecule has 1 aromatic rings. The van der Waals surface area contributed by atoms with Crippen LogP contribution in [0.4, 0.5) is 0 Å². The summed E-state index contributed by atoms with van der Waals surface area (Å²) in [5.41, 5.74) is 0. The summed E-state index contributed by atoms with van der Waals surface area (Å²) in [4.78, 5) is 0. The number of aromatic nitrogens is 1. The van der Waals surface area contributed by atoms with Crippen molar-refractivity contribution in [3.63, 3.8) is 0 Å². The number of hydrogen-bond acceptors (Lipinski definition) is 0. The van der Waals surface area contributed by atoms with Gasteiger partial charge in [-0.2, -0.15) is 0 Å². The molecule has 0 N–H and O–H groups in total. The second-order valence-corrected chi connectivity index (χ2v) is 5.01. The maximum atomic E-state index is 2.31. The molecule has 2 heteroatoms. The van der Waals surface area contributed by atoms with Crippen LogP contribution in [0.25, 0.3) is 0 Å². The third-order valence-corrected chi connectivity index (χ3v) is 2.76. The highest BCUT2D eigenvalue weighted by Crippen LogP contribution is 1.90. The lowest BCUT2D eigenvalue weighted by atomic mass is 10.7. The standard InChI is InChI=1S/C4H4N.2CH3.Al/c1-2-4-5-3-1;;;/h1-4H;2*1H3;/q-1;;;+1. The summed E-state index contributed by atoms with van der Waals surface area (Å²) in [7, 11) is 0. The second kappa shape index (κ2) is 2.39. The van der Waals surface area contributed by atoms with Crippen molar-refractivity contribution < 1.29 is 0 Å². The van der Waals surface area contributed by atoms with E-state index < -0.39 is 14.4 Å². The van der Waals surface area contributed by atoms with Crippen molar-refractivity contribution in [2.75, 3.05) is 0 Å². The summed E-state index contributed by atoms with van der Waals surface area (Å²) in [6.45, 7) is 0. The average molecular weight is 123 g/mol. The SMILES string of the molecule is [CH3][Al]([CH3])[n]1cccc1. The van der Waals surface area contributed by atoms with Crippen LogP contribution in [-0.4, -0.2) is 17.9 Å².